The number of carboxylic acid groups (broad SMARTS) is 1. The molecule has 2 amide bonds. The second-order valence-electron chi connectivity index (χ2n) is 3.88. The molecule has 0 radical (unpaired) electrons. The van der Waals surface area contributed by atoms with Crippen molar-refractivity contribution in [3.63, 3.8) is 0 Å². The number of hydrogen-bond acceptors (Lipinski definition) is 2. The molecule has 5 heteroatoms. The maximum absolute atomic E-state index is 11.3. The second kappa shape index (κ2) is 4.30. The fourth-order valence-electron chi connectivity index (χ4n) is 1.42. The molecule has 0 bridgehead atoms. The first-order valence-corrected chi connectivity index (χ1v) is 4.79. The van der Waals surface area contributed by atoms with Gasteiger partial charge in [0.05, 0.1) is 0 Å². The highest BCUT2D eigenvalue weighted by molar-refractivity contribution is 5.78. The monoisotopic (exact) mass is 200 g/mol. The van der Waals surface area contributed by atoms with Crippen LogP contribution in [0.2, 0.25) is 0 Å². The standard InChI is InChI=1S/C9H16N2O3/c1-6(2)8(12)10-7-3-4-11(5-7)9(13)14/h6-7H,3-5H2,1-2H3,(H,10,12)(H,13,14). The Hall–Kier alpha value is -1.26. The Labute approximate surface area is 83.1 Å². The Morgan fingerprint density at radius 2 is 2.14 bits per heavy atom. The number of nitrogens with zero attached hydrogens (tertiary/aromatic N) is 1. The number of nitrogens with one attached hydrogen (secondary N) is 1. The van der Waals surface area contributed by atoms with Gasteiger partial charge in [0.25, 0.3) is 0 Å². The maximum Gasteiger partial charge on any atom is 0.407 e. The third-order valence-corrected chi connectivity index (χ3v) is 2.33. The van der Waals surface area contributed by atoms with Crippen molar-refractivity contribution in [1.82, 2.24) is 10.2 Å². The Balaban J connectivity index is 2.36. The van der Waals surface area contributed by atoms with Gasteiger partial charge in [0.15, 0.2) is 0 Å². The molecule has 0 aromatic heterocycles. The second-order valence-corrected chi connectivity index (χ2v) is 3.88. The number of carbonyl (C=O) groups is 2. The smallest absolute Gasteiger partial charge is 0.407 e. The lowest BCUT2D eigenvalue weighted by atomic mass is 10.2. The minimum atomic E-state index is -0.911. The van der Waals surface area contributed by atoms with Gasteiger partial charge >= 0.3 is 6.09 Å². The van der Waals surface area contributed by atoms with Crippen molar-refractivity contribution >= 4 is 12.0 Å². The van der Waals surface area contributed by atoms with Crippen LogP contribution in [-0.2, 0) is 4.79 Å². The third kappa shape index (κ3) is 2.61. The minimum Gasteiger partial charge on any atom is -0.465 e. The fraction of sp³-hybridized carbons (Fsp3) is 0.778. The number of amides is 2. The van der Waals surface area contributed by atoms with E-state index in [2.05, 4.69) is 5.32 Å². The summed E-state index contributed by atoms with van der Waals surface area (Å²) in [5.74, 6) is -0.0592. The molecular formula is C9H16N2O3. The van der Waals surface area contributed by atoms with E-state index in [9.17, 15) is 9.59 Å². The van der Waals surface area contributed by atoms with Crippen molar-refractivity contribution in [2.45, 2.75) is 26.3 Å². The van der Waals surface area contributed by atoms with Crippen LogP contribution in [0, 0.1) is 5.92 Å². The van der Waals surface area contributed by atoms with Gasteiger partial charge in [-0.3, -0.25) is 4.79 Å². The molecule has 5 nitrogen and oxygen atoms in total. The zero-order valence-corrected chi connectivity index (χ0v) is 8.49. The maximum atomic E-state index is 11.3. The van der Waals surface area contributed by atoms with Crippen LogP contribution in [0.4, 0.5) is 4.79 Å². The molecule has 1 rings (SSSR count). The lowest BCUT2D eigenvalue weighted by Gasteiger charge is -2.15. The zero-order valence-electron chi connectivity index (χ0n) is 8.49. The fourth-order valence-corrected chi connectivity index (χ4v) is 1.42. The van der Waals surface area contributed by atoms with Crippen LogP contribution in [-0.4, -0.2) is 41.1 Å². The summed E-state index contributed by atoms with van der Waals surface area (Å²) in [5.41, 5.74) is 0. The lowest BCUT2D eigenvalue weighted by Crippen LogP contribution is -2.40. The van der Waals surface area contributed by atoms with Crippen molar-refractivity contribution in [3.8, 4) is 0 Å². The molecule has 0 spiro atoms. The summed E-state index contributed by atoms with van der Waals surface area (Å²) in [5, 5.41) is 11.5. The van der Waals surface area contributed by atoms with Crippen molar-refractivity contribution < 1.29 is 14.7 Å². The Morgan fingerprint density at radius 1 is 1.50 bits per heavy atom. The highest BCUT2D eigenvalue weighted by atomic mass is 16.4. The molecule has 0 aromatic carbocycles. The molecule has 1 aliphatic heterocycles. The quantitative estimate of drug-likeness (QED) is 0.682. The Kier molecular flexibility index (Phi) is 3.33. The van der Waals surface area contributed by atoms with Crippen molar-refractivity contribution in [2.24, 2.45) is 5.92 Å². The number of likely N-dealkylation sites (tertiary alicyclic amines) is 1. The van der Waals surface area contributed by atoms with Crippen LogP contribution >= 0.6 is 0 Å². The number of hydrogen-bond donors (Lipinski definition) is 2. The topological polar surface area (TPSA) is 69.6 Å². The van der Waals surface area contributed by atoms with Crippen molar-refractivity contribution in [2.75, 3.05) is 13.1 Å². The van der Waals surface area contributed by atoms with E-state index < -0.39 is 6.09 Å². The largest absolute Gasteiger partial charge is 0.465 e. The first kappa shape index (κ1) is 10.8. The van der Waals surface area contributed by atoms with E-state index >= 15 is 0 Å². The molecule has 2 N–H and O–H groups in total. The molecule has 14 heavy (non-hydrogen) atoms. The molecule has 1 fully saturated rings. The normalized spacial score (nSPS) is 21.4. The number of rotatable bonds is 2. The third-order valence-electron chi connectivity index (χ3n) is 2.33. The summed E-state index contributed by atoms with van der Waals surface area (Å²) in [4.78, 5) is 23.2. The molecule has 0 saturated carbocycles. The van der Waals surface area contributed by atoms with E-state index in [-0.39, 0.29) is 17.9 Å². The van der Waals surface area contributed by atoms with Gasteiger partial charge in [-0.05, 0) is 6.42 Å². The highest BCUT2D eigenvalue weighted by Crippen LogP contribution is 2.09. The molecule has 1 unspecified atom stereocenters. The van der Waals surface area contributed by atoms with Crippen LogP contribution in [0.1, 0.15) is 20.3 Å². The van der Waals surface area contributed by atoms with Gasteiger partial charge in [0, 0.05) is 25.0 Å². The van der Waals surface area contributed by atoms with Crippen LogP contribution in [0.15, 0.2) is 0 Å². The van der Waals surface area contributed by atoms with Crippen molar-refractivity contribution in [1.29, 1.82) is 0 Å². The van der Waals surface area contributed by atoms with Gasteiger partial charge in [-0.25, -0.2) is 4.79 Å². The minimum absolute atomic E-state index is 0.0118. The van der Waals surface area contributed by atoms with E-state index in [1.165, 1.54) is 4.90 Å². The van der Waals surface area contributed by atoms with Gasteiger partial charge in [0.1, 0.15) is 0 Å². The molecular weight excluding hydrogens is 184 g/mol. The van der Waals surface area contributed by atoms with Crippen LogP contribution in [0.25, 0.3) is 0 Å². The molecule has 80 valence electrons. The highest BCUT2D eigenvalue weighted by Gasteiger charge is 2.27. The molecule has 0 aromatic rings. The molecule has 1 aliphatic rings. The molecule has 1 heterocycles. The average molecular weight is 200 g/mol. The summed E-state index contributed by atoms with van der Waals surface area (Å²) in [7, 11) is 0. The van der Waals surface area contributed by atoms with Gasteiger partial charge in [-0.2, -0.15) is 0 Å². The molecule has 1 saturated heterocycles. The van der Waals surface area contributed by atoms with E-state index in [0.717, 1.165) is 0 Å². The summed E-state index contributed by atoms with van der Waals surface area (Å²) in [6, 6.07) is -0.0130. The van der Waals surface area contributed by atoms with Gasteiger partial charge in [-0.1, -0.05) is 13.8 Å². The number of carbonyl (C=O) groups excluding carboxylic acids is 1. The van der Waals surface area contributed by atoms with Crippen molar-refractivity contribution in [3.05, 3.63) is 0 Å². The SMILES string of the molecule is CC(C)C(=O)NC1CCN(C(=O)O)C1. The summed E-state index contributed by atoms with van der Waals surface area (Å²) in [6.45, 7) is 4.56. The molecule has 0 aliphatic carbocycles. The van der Waals surface area contributed by atoms with Crippen LogP contribution < -0.4 is 5.32 Å². The van der Waals surface area contributed by atoms with E-state index in [0.29, 0.717) is 19.5 Å². The van der Waals surface area contributed by atoms with Crippen LogP contribution in [0.3, 0.4) is 0 Å². The zero-order chi connectivity index (χ0) is 10.7. The Bertz CT molecular complexity index is 240. The van der Waals surface area contributed by atoms with Gasteiger partial charge in [-0.15, -0.1) is 0 Å². The summed E-state index contributed by atoms with van der Waals surface area (Å²) >= 11 is 0. The van der Waals surface area contributed by atoms with E-state index in [1.807, 2.05) is 13.8 Å². The summed E-state index contributed by atoms with van der Waals surface area (Å²) < 4.78 is 0. The van der Waals surface area contributed by atoms with Gasteiger partial charge < -0.3 is 15.3 Å². The van der Waals surface area contributed by atoms with Crippen LogP contribution in [0.5, 0.6) is 0 Å². The first-order chi connectivity index (χ1) is 6.50. The Morgan fingerprint density at radius 3 is 2.57 bits per heavy atom. The van der Waals surface area contributed by atoms with E-state index in [1.54, 1.807) is 0 Å². The average Bonchev–Trinajstić information content (AvgIpc) is 2.52. The van der Waals surface area contributed by atoms with E-state index in [4.69, 9.17) is 5.11 Å². The molecule has 1 atom stereocenters. The predicted molar refractivity (Wildman–Crippen MR) is 51.0 cm³/mol. The summed E-state index contributed by atoms with van der Waals surface area (Å²) in [6.07, 6.45) is -0.198. The predicted octanol–water partition coefficient (Wildman–Crippen LogP) is 0.511. The first-order valence-electron chi connectivity index (χ1n) is 4.79. The lowest BCUT2D eigenvalue weighted by molar-refractivity contribution is -0.124. The van der Waals surface area contributed by atoms with Gasteiger partial charge in [0.2, 0.25) is 5.91 Å².